The van der Waals surface area contributed by atoms with Crippen LogP contribution in [0, 0.1) is 0 Å². The Morgan fingerprint density at radius 3 is 2.19 bits per heavy atom. The van der Waals surface area contributed by atoms with Crippen molar-refractivity contribution in [1.29, 1.82) is 0 Å². The highest BCUT2D eigenvalue weighted by atomic mass is 19.3. The van der Waals surface area contributed by atoms with E-state index in [1.165, 1.54) is 0 Å². The number of carbonyl (C=O) groups excluding carboxylic acids is 1. The molecule has 1 heterocycles. The summed E-state index contributed by atoms with van der Waals surface area (Å²) in [5.41, 5.74) is 0. The molecule has 0 spiro atoms. The highest BCUT2D eigenvalue weighted by molar-refractivity contribution is 5.79. The Balaban J connectivity index is 2.28. The molecule has 16 heavy (non-hydrogen) atoms. The summed E-state index contributed by atoms with van der Waals surface area (Å²) in [6, 6.07) is 0. The summed E-state index contributed by atoms with van der Waals surface area (Å²) in [5.74, 6) is -2.02. The first-order chi connectivity index (χ1) is 7.50. The number of nitrogens with zero attached hydrogens (tertiary/aromatic N) is 2. The van der Waals surface area contributed by atoms with Gasteiger partial charge in [-0.2, -0.15) is 8.78 Å². The zero-order valence-corrected chi connectivity index (χ0v) is 8.73. The third kappa shape index (κ3) is 3.73. The minimum atomic E-state index is -2.95. The quantitative estimate of drug-likeness (QED) is 0.738. The Kier molecular flexibility index (Phi) is 4.60. The minimum Gasteiger partial charge on any atom is -0.481 e. The van der Waals surface area contributed by atoms with E-state index in [2.05, 4.69) is 0 Å². The Bertz CT molecular complexity index is 265. The van der Waals surface area contributed by atoms with Crippen molar-refractivity contribution in [3.8, 4) is 0 Å². The van der Waals surface area contributed by atoms with E-state index in [0.29, 0.717) is 19.6 Å². The molecule has 5 nitrogen and oxygen atoms in total. The molecular weight excluding hydrogens is 222 g/mol. The van der Waals surface area contributed by atoms with E-state index in [1.54, 1.807) is 0 Å². The first-order valence-electron chi connectivity index (χ1n) is 5.02. The van der Waals surface area contributed by atoms with Gasteiger partial charge in [-0.3, -0.25) is 14.5 Å². The predicted octanol–water partition coefficient (Wildman–Crippen LogP) is -0.130. The number of alkyl halides is 2. The molecule has 0 bridgehead atoms. The van der Waals surface area contributed by atoms with Crippen LogP contribution in [0.4, 0.5) is 8.78 Å². The smallest absolute Gasteiger partial charge is 0.315 e. The fourth-order valence-electron chi connectivity index (χ4n) is 1.58. The van der Waals surface area contributed by atoms with Crippen molar-refractivity contribution in [2.75, 3.05) is 32.7 Å². The number of piperazine rings is 1. The van der Waals surface area contributed by atoms with Gasteiger partial charge in [0.05, 0.1) is 6.42 Å². The number of hydrogen-bond donors (Lipinski definition) is 1. The SMILES string of the molecule is O=C(O)CCN1CCN(C(=O)C(F)F)CC1. The summed E-state index contributed by atoms with van der Waals surface area (Å²) < 4.78 is 24.2. The zero-order chi connectivity index (χ0) is 12.1. The van der Waals surface area contributed by atoms with Crippen molar-refractivity contribution < 1.29 is 23.5 Å². The van der Waals surface area contributed by atoms with Gasteiger partial charge in [0.1, 0.15) is 0 Å². The highest BCUT2D eigenvalue weighted by Crippen LogP contribution is 2.06. The standard InChI is InChI=1S/C9H14F2N2O3/c10-8(11)9(16)13-5-3-12(4-6-13)2-1-7(14)15/h8H,1-6H2,(H,14,15). The number of rotatable bonds is 4. The van der Waals surface area contributed by atoms with E-state index in [4.69, 9.17) is 5.11 Å². The summed E-state index contributed by atoms with van der Waals surface area (Å²) in [6.07, 6.45) is -2.92. The molecule has 1 rings (SSSR count). The van der Waals surface area contributed by atoms with Gasteiger partial charge in [-0.15, -0.1) is 0 Å². The van der Waals surface area contributed by atoms with E-state index in [-0.39, 0.29) is 19.5 Å². The second-order valence-electron chi connectivity index (χ2n) is 3.61. The maximum absolute atomic E-state index is 12.1. The van der Waals surface area contributed by atoms with Crippen LogP contribution < -0.4 is 0 Å². The second kappa shape index (κ2) is 5.74. The molecule has 0 unspecified atom stereocenters. The lowest BCUT2D eigenvalue weighted by atomic mass is 10.3. The molecule has 7 heteroatoms. The number of halogens is 2. The molecule has 0 aliphatic carbocycles. The van der Waals surface area contributed by atoms with Gasteiger partial charge < -0.3 is 10.0 Å². The lowest BCUT2D eigenvalue weighted by molar-refractivity contribution is -0.145. The first kappa shape index (κ1) is 12.8. The Labute approximate surface area is 91.6 Å². The maximum Gasteiger partial charge on any atom is 0.315 e. The van der Waals surface area contributed by atoms with E-state index >= 15 is 0 Å². The Hall–Kier alpha value is -1.24. The van der Waals surface area contributed by atoms with Crippen LogP contribution in [0.3, 0.4) is 0 Å². The van der Waals surface area contributed by atoms with E-state index in [1.807, 2.05) is 4.90 Å². The first-order valence-corrected chi connectivity index (χ1v) is 5.02. The number of amides is 1. The summed E-state index contributed by atoms with van der Waals surface area (Å²) in [5, 5.41) is 8.47. The van der Waals surface area contributed by atoms with Gasteiger partial charge in [0.2, 0.25) is 0 Å². The molecule has 0 radical (unpaired) electrons. The average molecular weight is 236 g/mol. The van der Waals surface area contributed by atoms with E-state index in [0.717, 1.165) is 4.90 Å². The van der Waals surface area contributed by atoms with Crippen molar-refractivity contribution in [1.82, 2.24) is 9.80 Å². The third-order valence-electron chi connectivity index (χ3n) is 2.51. The number of carboxylic acids is 1. The van der Waals surface area contributed by atoms with Gasteiger partial charge >= 0.3 is 12.4 Å². The van der Waals surface area contributed by atoms with Gasteiger partial charge in [0.15, 0.2) is 0 Å². The Morgan fingerprint density at radius 1 is 1.19 bits per heavy atom. The molecule has 1 aliphatic rings. The fourth-order valence-corrected chi connectivity index (χ4v) is 1.58. The lowest BCUT2D eigenvalue weighted by Crippen LogP contribution is -2.50. The minimum absolute atomic E-state index is 0.0305. The van der Waals surface area contributed by atoms with Gasteiger partial charge in [0.25, 0.3) is 5.91 Å². The van der Waals surface area contributed by atoms with Crippen LogP contribution in [0.25, 0.3) is 0 Å². The summed E-state index contributed by atoms with van der Waals surface area (Å²) in [4.78, 5) is 24.2. The molecule has 1 amide bonds. The number of hydrogen-bond acceptors (Lipinski definition) is 3. The molecule has 1 N–H and O–H groups in total. The highest BCUT2D eigenvalue weighted by Gasteiger charge is 2.26. The molecule has 92 valence electrons. The second-order valence-corrected chi connectivity index (χ2v) is 3.61. The number of carboxylic acid groups (broad SMARTS) is 1. The van der Waals surface area contributed by atoms with Gasteiger partial charge in [-0.25, -0.2) is 0 Å². The average Bonchev–Trinajstić information content (AvgIpc) is 2.26. The van der Waals surface area contributed by atoms with Crippen LogP contribution in [-0.4, -0.2) is 65.9 Å². The third-order valence-corrected chi connectivity index (χ3v) is 2.51. The molecule has 1 fully saturated rings. The van der Waals surface area contributed by atoms with Gasteiger partial charge in [-0.1, -0.05) is 0 Å². The largest absolute Gasteiger partial charge is 0.481 e. The summed E-state index contributed by atoms with van der Waals surface area (Å²) >= 11 is 0. The number of carbonyl (C=O) groups is 2. The Morgan fingerprint density at radius 2 is 1.75 bits per heavy atom. The van der Waals surface area contributed by atoms with Crippen LogP contribution in [0.15, 0.2) is 0 Å². The van der Waals surface area contributed by atoms with Crippen LogP contribution in [-0.2, 0) is 9.59 Å². The predicted molar refractivity (Wildman–Crippen MR) is 51.3 cm³/mol. The van der Waals surface area contributed by atoms with Crippen molar-refractivity contribution in [3.63, 3.8) is 0 Å². The summed E-state index contributed by atoms with van der Waals surface area (Å²) in [7, 11) is 0. The van der Waals surface area contributed by atoms with E-state index in [9.17, 15) is 18.4 Å². The number of aliphatic carboxylic acids is 1. The van der Waals surface area contributed by atoms with Crippen LogP contribution in [0.2, 0.25) is 0 Å². The van der Waals surface area contributed by atoms with Crippen molar-refractivity contribution >= 4 is 11.9 Å². The maximum atomic E-state index is 12.1. The van der Waals surface area contributed by atoms with Gasteiger partial charge in [0, 0.05) is 32.7 Å². The normalized spacial score (nSPS) is 17.8. The zero-order valence-electron chi connectivity index (χ0n) is 8.73. The van der Waals surface area contributed by atoms with Gasteiger partial charge in [-0.05, 0) is 0 Å². The van der Waals surface area contributed by atoms with Crippen LogP contribution >= 0.6 is 0 Å². The summed E-state index contributed by atoms with van der Waals surface area (Å²) in [6.45, 7) is 1.77. The molecule has 1 saturated heterocycles. The molecule has 1 aliphatic heterocycles. The van der Waals surface area contributed by atoms with Crippen LogP contribution in [0.1, 0.15) is 6.42 Å². The van der Waals surface area contributed by atoms with E-state index < -0.39 is 18.3 Å². The topological polar surface area (TPSA) is 60.9 Å². The molecule has 0 aromatic heterocycles. The van der Waals surface area contributed by atoms with Crippen molar-refractivity contribution in [3.05, 3.63) is 0 Å². The van der Waals surface area contributed by atoms with Crippen LogP contribution in [0.5, 0.6) is 0 Å². The fraction of sp³-hybridized carbons (Fsp3) is 0.778. The molecule has 0 atom stereocenters. The molecule has 0 aromatic rings. The van der Waals surface area contributed by atoms with Crippen molar-refractivity contribution in [2.45, 2.75) is 12.8 Å². The van der Waals surface area contributed by atoms with Crippen molar-refractivity contribution in [2.24, 2.45) is 0 Å². The molecule has 0 aromatic carbocycles. The lowest BCUT2D eigenvalue weighted by Gasteiger charge is -2.34. The monoisotopic (exact) mass is 236 g/mol. The molecular formula is C9H14F2N2O3. The molecule has 0 saturated carbocycles.